The van der Waals surface area contributed by atoms with Crippen molar-refractivity contribution < 1.29 is 14.6 Å². The van der Waals surface area contributed by atoms with Crippen LogP contribution >= 0.6 is 22.7 Å². The molecule has 5 nitrogen and oxygen atoms in total. The van der Waals surface area contributed by atoms with Gasteiger partial charge in [-0.3, -0.25) is 0 Å². The largest absolute Gasteiger partial charge is 0.507 e. The van der Waals surface area contributed by atoms with Crippen LogP contribution in [0, 0.1) is 6.92 Å². The number of carbonyl (C=O) groups is 1. The fraction of sp³-hybridized carbons (Fsp3) is 0.188. The van der Waals surface area contributed by atoms with Crippen molar-refractivity contribution in [1.82, 2.24) is 0 Å². The molecule has 0 unspecified atom stereocenters. The fourth-order valence-electron chi connectivity index (χ4n) is 2.18. The van der Waals surface area contributed by atoms with Gasteiger partial charge in [-0.25, -0.2) is 4.79 Å². The predicted octanol–water partition coefficient (Wildman–Crippen LogP) is 5.57. The summed E-state index contributed by atoms with van der Waals surface area (Å²) in [7, 11) is 0. The zero-order chi connectivity index (χ0) is 16.4. The Morgan fingerprint density at radius 2 is 2.17 bits per heavy atom. The molecular formula is C16H14N2O3S2. The molecule has 0 fully saturated rings. The molecule has 0 saturated carbocycles. The molecule has 0 aliphatic carbocycles. The molecule has 2 heterocycles. The molecule has 118 valence electrons. The van der Waals surface area contributed by atoms with Gasteiger partial charge < -0.3 is 9.84 Å². The van der Waals surface area contributed by atoms with E-state index in [4.69, 9.17) is 4.74 Å². The highest BCUT2D eigenvalue weighted by molar-refractivity contribution is 7.19. The third-order valence-corrected chi connectivity index (χ3v) is 4.94. The smallest absolute Gasteiger partial charge is 0.340 e. The second-order valence-corrected chi connectivity index (χ2v) is 6.95. The first-order valence-electron chi connectivity index (χ1n) is 6.98. The minimum absolute atomic E-state index is 0.0440. The fourth-order valence-corrected chi connectivity index (χ4v) is 3.74. The lowest BCUT2D eigenvalue weighted by Crippen LogP contribution is -2.04. The number of phenols is 1. The topological polar surface area (TPSA) is 71.2 Å². The molecule has 0 radical (unpaired) electrons. The van der Waals surface area contributed by atoms with E-state index in [2.05, 4.69) is 10.2 Å². The number of thiophene rings is 2. The maximum Gasteiger partial charge on any atom is 0.340 e. The average Bonchev–Trinajstić information content (AvgIpc) is 3.15. The first-order valence-corrected chi connectivity index (χ1v) is 8.68. The van der Waals surface area contributed by atoms with E-state index in [0.29, 0.717) is 11.1 Å². The summed E-state index contributed by atoms with van der Waals surface area (Å²) in [6.45, 7) is 3.93. The number of nitrogens with zero attached hydrogens (tertiary/aromatic N) is 2. The summed E-state index contributed by atoms with van der Waals surface area (Å²) in [5, 5.41) is 22.0. The van der Waals surface area contributed by atoms with Crippen molar-refractivity contribution >= 4 is 49.4 Å². The van der Waals surface area contributed by atoms with E-state index in [-0.39, 0.29) is 17.9 Å². The van der Waals surface area contributed by atoms with Crippen LogP contribution in [0.1, 0.15) is 22.2 Å². The molecule has 0 aliphatic rings. The number of aryl methyl sites for hydroxylation is 1. The van der Waals surface area contributed by atoms with Crippen LogP contribution in [0.4, 0.5) is 10.7 Å². The van der Waals surface area contributed by atoms with Gasteiger partial charge in [0.15, 0.2) is 0 Å². The molecule has 0 atom stereocenters. The number of ether oxygens (including phenoxy) is 1. The van der Waals surface area contributed by atoms with E-state index in [0.717, 1.165) is 14.6 Å². The molecule has 23 heavy (non-hydrogen) atoms. The maximum atomic E-state index is 12.2. The van der Waals surface area contributed by atoms with E-state index in [9.17, 15) is 9.90 Å². The van der Waals surface area contributed by atoms with Crippen LogP contribution < -0.4 is 0 Å². The molecule has 0 bridgehead atoms. The van der Waals surface area contributed by atoms with Gasteiger partial charge in [0.1, 0.15) is 16.4 Å². The van der Waals surface area contributed by atoms with E-state index in [1.54, 1.807) is 6.92 Å². The number of carbonyl (C=O) groups excluding carboxylic acids is 1. The van der Waals surface area contributed by atoms with Crippen molar-refractivity contribution in [1.29, 1.82) is 0 Å². The van der Waals surface area contributed by atoms with Gasteiger partial charge >= 0.3 is 5.97 Å². The molecular weight excluding hydrogens is 332 g/mol. The first kappa shape index (κ1) is 15.6. The van der Waals surface area contributed by atoms with Gasteiger partial charge in [-0.15, -0.1) is 32.9 Å². The van der Waals surface area contributed by atoms with Gasteiger partial charge in [0.25, 0.3) is 0 Å². The monoisotopic (exact) mass is 346 g/mol. The van der Waals surface area contributed by atoms with Crippen molar-refractivity contribution in [3.05, 3.63) is 40.1 Å². The zero-order valence-corrected chi connectivity index (χ0v) is 14.2. The molecule has 0 saturated heterocycles. The second kappa shape index (κ2) is 6.47. The van der Waals surface area contributed by atoms with Gasteiger partial charge in [0.2, 0.25) is 0 Å². The molecule has 7 heteroatoms. The highest BCUT2D eigenvalue weighted by atomic mass is 32.1. The van der Waals surface area contributed by atoms with Crippen LogP contribution in [-0.4, -0.2) is 17.7 Å². The lowest BCUT2D eigenvalue weighted by molar-refractivity contribution is 0.0527. The van der Waals surface area contributed by atoms with E-state index in [1.165, 1.54) is 28.7 Å². The maximum absolute atomic E-state index is 12.2. The SMILES string of the molecule is CCOC(=O)c1cc(O)c2cc(C)sc2c1N=Nc1cccs1. The minimum Gasteiger partial charge on any atom is -0.507 e. The first-order chi connectivity index (χ1) is 11.1. The summed E-state index contributed by atoms with van der Waals surface area (Å²) in [5.41, 5.74) is 0.654. The number of azo groups is 1. The highest BCUT2D eigenvalue weighted by Crippen LogP contribution is 2.42. The molecule has 1 N–H and O–H groups in total. The third kappa shape index (κ3) is 3.11. The van der Waals surface area contributed by atoms with Crippen LogP contribution in [0.3, 0.4) is 0 Å². The van der Waals surface area contributed by atoms with Gasteiger partial charge in [0, 0.05) is 10.3 Å². The van der Waals surface area contributed by atoms with Crippen molar-refractivity contribution in [2.24, 2.45) is 10.2 Å². The Hall–Kier alpha value is -2.25. The average molecular weight is 346 g/mol. The third-order valence-electron chi connectivity index (χ3n) is 3.13. The Morgan fingerprint density at radius 1 is 1.35 bits per heavy atom. The Morgan fingerprint density at radius 3 is 2.87 bits per heavy atom. The van der Waals surface area contributed by atoms with E-state index >= 15 is 0 Å². The Kier molecular flexibility index (Phi) is 4.40. The minimum atomic E-state index is -0.518. The van der Waals surface area contributed by atoms with Crippen LogP contribution in [0.25, 0.3) is 10.1 Å². The number of aromatic hydroxyl groups is 1. The molecule has 1 aromatic carbocycles. The van der Waals surface area contributed by atoms with Gasteiger partial charge in [-0.2, -0.15) is 0 Å². The van der Waals surface area contributed by atoms with Crippen molar-refractivity contribution in [2.75, 3.05) is 6.61 Å². The van der Waals surface area contributed by atoms with Crippen LogP contribution in [0.15, 0.2) is 39.9 Å². The molecule has 3 rings (SSSR count). The predicted molar refractivity (Wildman–Crippen MR) is 92.7 cm³/mol. The molecule has 2 aromatic heterocycles. The number of hydrogen-bond donors (Lipinski definition) is 1. The Balaban J connectivity index is 2.20. The lowest BCUT2D eigenvalue weighted by Gasteiger charge is -2.07. The number of hydrogen-bond acceptors (Lipinski definition) is 7. The summed E-state index contributed by atoms with van der Waals surface area (Å²) in [6, 6.07) is 6.99. The highest BCUT2D eigenvalue weighted by Gasteiger charge is 2.20. The molecule has 0 amide bonds. The lowest BCUT2D eigenvalue weighted by atomic mass is 10.1. The van der Waals surface area contributed by atoms with Gasteiger partial charge in [0.05, 0.1) is 16.9 Å². The quantitative estimate of drug-likeness (QED) is 0.496. The zero-order valence-electron chi connectivity index (χ0n) is 12.6. The number of fused-ring (bicyclic) bond motifs is 1. The number of phenolic OH excluding ortho intramolecular Hbond substituents is 1. The summed E-state index contributed by atoms with van der Waals surface area (Å²) >= 11 is 2.92. The summed E-state index contributed by atoms with van der Waals surface area (Å²) in [4.78, 5) is 13.2. The van der Waals surface area contributed by atoms with Crippen molar-refractivity contribution in [3.63, 3.8) is 0 Å². The number of benzene rings is 1. The van der Waals surface area contributed by atoms with Crippen molar-refractivity contribution in [2.45, 2.75) is 13.8 Å². The Labute approximate surface area is 140 Å². The van der Waals surface area contributed by atoms with E-state index < -0.39 is 5.97 Å². The van der Waals surface area contributed by atoms with Crippen molar-refractivity contribution in [3.8, 4) is 5.75 Å². The Bertz CT molecular complexity index is 883. The summed E-state index contributed by atoms with van der Waals surface area (Å²) in [5.74, 6) is -0.474. The molecule has 0 spiro atoms. The van der Waals surface area contributed by atoms with Crippen LogP contribution in [0.5, 0.6) is 5.75 Å². The standard InChI is InChI=1S/C16H14N2O3S2/c1-3-21-16(20)11-8-12(19)10-7-9(2)23-15(10)14(11)18-17-13-5-4-6-22-13/h4-8,19H,3H2,1-2H3. The van der Waals surface area contributed by atoms with E-state index in [1.807, 2.05) is 30.5 Å². The normalized spacial score (nSPS) is 11.4. The van der Waals surface area contributed by atoms with Crippen LogP contribution in [-0.2, 0) is 4.74 Å². The van der Waals surface area contributed by atoms with Crippen LogP contribution in [0.2, 0.25) is 0 Å². The number of esters is 1. The summed E-state index contributed by atoms with van der Waals surface area (Å²) in [6.07, 6.45) is 0. The molecule has 0 aliphatic heterocycles. The van der Waals surface area contributed by atoms with Gasteiger partial charge in [-0.1, -0.05) is 0 Å². The van der Waals surface area contributed by atoms with Gasteiger partial charge in [-0.05, 0) is 43.5 Å². The second-order valence-electron chi connectivity index (χ2n) is 4.76. The number of rotatable bonds is 4. The summed E-state index contributed by atoms with van der Waals surface area (Å²) < 4.78 is 5.80. The molecule has 3 aromatic rings.